The highest BCUT2D eigenvalue weighted by Crippen LogP contribution is 2.57. The van der Waals surface area contributed by atoms with E-state index < -0.39 is 5.41 Å². The van der Waals surface area contributed by atoms with Crippen LogP contribution in [0.5, 0.6) is 0 Å². The zero-order valence-electron chi connectivity index (χ0n) is 29.4. The second-order valence-electron chi connectivity index (χ2n) is 14.6. The Morgan fingerprint density at radius 2 is 1.02 bits per heavy atom. The maximum atomic E-state index is 5.22. The summed E-state index contributed by atoms with van der Waals surface area (Å²) >= 11 is 0. The van der Waals surface area contributed by atoms with Crippen molar-refractivity contribution >= 4 is 32.6 Å². The van der Waals surface area contributed by atoms with Crippen molar-refractivity contribution in [1.29, 1.82) is 0 Å². The fraction of sp³-hybridized carbons (Fsp3) is 0.0192. The molecule has 0 aliphatic heterocycles. The molecule has 2 nitrogen and oxygen atoms in total. The minimum absolute atomic E-state index is 0.406. The number of nitrogens with zero attached hydrogens (tertiary/aromatic N) is 2. The summed E-state index contributed by atoms with van der Waals surface area (Å²) in [5, 5.41) is 4.90. The van der Waals surface area contributed by atoms with Gasteiger partial charge in [-0.1, -0.05) is 164 Å². The molecule has 0 bridgehead atoms. The Hall–Kier alpha value is -7.03. The van der Waals surface area contributed by atoms with Gasteiger partial charge in [0.1, 0.15) is 5.82 Å². The molecule has 12 rings (SSSR count). The molecule has 0 amide bonds. The summed E-state index contributed by atoms with van der Waals surface area (Å²) < 4.78 is 2.38. The number of aromatic nitrogens is 2. The van der Waals surface area contributed by atoms with Crippen LogP contribution >= 0.6 is 0 Å². The third-order valence-electron chi connectivity index (χ3n) is 12.1. The van der Waals surface area contributed by atoms with Crippen LogP contribution in [0.2, 0.25) is 0 Å². The van der Waals surface area contributed by atoms with Gasteiger partial charge in [-0.15, -0.1) is 0 Å². The van der Waals surface area contributed by atoms with Crippen molar-refractivity contribution in [3.8, 4) is 50.3 Å². The Bertz CT molecular complexity index is 3110. The number of rotatable bonds is 4. The van der Waals surface area contributed by atoms with Crippen LogP contribution in [0.1, 0.15) is 22.3 Å². The van der Waals surface area contributed by atoms with Crippen LogP contribution in [0.3, 0.4) is 0 Å². The summed E-state index contributed by atoms with van der Waals surface area (Å²) in [6.45, 7) is 0. The second-order valence-corrected chi connectivity index (χ2v) is 14.6. The molecule has 54 heavy (non-hydrogen) atoms. The molecule has 0 saturated heterocycles. The van der Waals surface area contributed by atoms with E-state index in [0.717, 1.165) is 16.9 Å². The lowest BCUT2D eigenvalue weighted by atomic mass is 9.67. The first-order valence-electron chi connectivity index (χ1n) is 18.7. The fourth-order valence-electron chi connectivity index (χ4n) is 9.86. The van der Waals surface area contributed by atoms with Gasteiger partial charge in [-0.2, -0.15) is 0 Å². The molecule has 250 valence electrons. The Labute approximate surface area is 313 Å². The minimum atomic E-state index is -0.406. The molecule has 2 aliphatic rings. The van der Waals surface area contributed by atoms with Gasteiger partial charge in [0.05, 0.1) is 16.4 Å². The maximum Gasteiger partial charge on any atom is 0.146 e. The predicted molar refractivity (Wildman–Crippen MR) is 223 cm³/mol. The van der Waals surface area contributed by atoms with E-state index in [1.54, 1.807) is 0 Å². The first-order chi connectivity index (χ1) is 26.8. The van der Waals surface area contributed by atoms with E-state index in [9.17, 15) is 0 Å². The fourth-order valence-corrected chi connectivity index (χ4v) is 9.86. The summed E-state index contributed by atoms with van der Waals surface area (Å²) in [6.07, 6.45) is 2.05. The topological polar surface area (TPSA) is 17.8 Å². The number of hydrogen-bond donors (Lipinski definition) is 0. The number of para-hydroxylation sites is 1. The lowest BCUT2D eigenvalue weighted by Gasteiger charge is -2.33. The quantitative estimate of drug-likeness (QED) is 0.180. The third-order valence-corrected chi connectivity index (χ3v) is 12.1. The lowest BCUT2D eigenvalue weighted by molar-refractivity contribution is 0.768. The van der Waals surface area contributed by atoms with Crippen LogP contribution in [-0.2, 0) is 5.41 Å². The SMILES string of the molecule is c1ccc(C2(c3ccccc3)c3ccccc3-c3cc(-c4ccc5c(c4)c4ccccc4n5-c4ncc5cccc6c5c4-c4ccccc4-6)ccc32)cc1. The van der Waals surface area contributed by atoms with Gasteiger partial charge in [-0.25, -0.2) is 4.98 Å². The molecule has 0 saturated carbocycles. The van der Waals surface area contributed by atoms with Crippen LogP contribution in [0.4, 0.5) is 0 Å². The van der Waals surface area contributed by atoms with E-state index in [1.807, 2.05) is 6.20 Å². The van der Waals surface area contributed by atoms with Gasteiger partial charge in [-0.3, -0.25) is 4.57 Å². The van der Waals surface area contributed by atoms with Gasteiger partial charge in [0, 0.05) is 33.3 Å². The Morgan fingerprint density at radius 3 is 1.83 bits per heavy atom. The average Bonchev–Trinajstić information content (AvgIpc) is 3.87. The molecule has 10 aromatic rings. The molecule has 0 spiro atoms. The highest BCUT2D eigenvalue weighted by molar-refractivity contribution is 6.18. The first-order valence-corrected chi connectivity index (χ1v) is 18.7. The Kier molecular flexibility index (Phi) is 6.01. The van der Waals surface area contributed by atoms with Crippen molar-refractivity contribution in [3.63, 3.8) is 0 Å². The summed E-state index contributed by atoms with van der Waals surface area (Å²) in [7, 11) is 0. The lowest BCUT2D eigenvalue weighted by Crippen LogP contribution is -2.28. The normalized spacial score (nSPS) is 13.3. The van der Waals surface area contributed by atoms with Gasteiger partial charge in [-0.05, 0) is 85.5 Å². The summed E-state index contributed by atoms with van der Waals surface area (Å²) in [5.41, 5.74) is 17.1. The third kappa shape index (κ3) is 3.81. The molecule has 0 N–H and O–H groups in total. The van der Waals surface area contributed by atoms with Crippen molar-refractivity contribution < 1.29 is 0 Å². The van der Waals surface area contributed by atoms with Gasteiger partial charge in [0.2, 0.25) is 0 Å². The first kappa shape index (κ1) is 29.5. The van der Waals surface area contributed by atoms with Gasteiger partial charge in [0.15, 0.2) is 0 Å². The molecule has 0 radical (unpaired) electrons. The van der Waals surface area contributed by atoms with Crippen LogP contribution < -0.4 is 0 Å². The van der Waals surface area contributed by atoms with Crippen LogP contribution in [0.15, 0.2) is 194 Å². The van der Waals surface area contributed by atoms with Gasteiger partial charge >= 0.3 is 0 Å². The van der Waals surface area contributed by atoms with E-state index in [-0.39, 0.29) is 0 Å². The molecule has 0 atom stereocenters. The highest BCUT2D eigenvalue weighted by atomic mass is 15.1. The van der Waals surface area contributed by atoms with E-state index in [4.69, 9.17) is 4.98 Å². The van der Waals surface area contributed by atoms with Crippen LogP contribution in [0, 0.1) is 0 Å². The van der Waals surface area contributed by atoms with Crippen molar-refractivity contribution in [2.45, 2.75) is 5.41 Å². The number of fused-ring (bicyclic) bond motifs is 9. The zero-order chi connectivity index (χ0) is 35.4. The Morgan fingerprint density at radius 1 is 0.407 bits per heavy atom. The van der Waals surface area contributed by atoms with Crippen molar-refractivity contribution in [2.75, 3.05) is 0 Å². The predicted octanol–water partition coefficient (Wildman–Crippen LogP) is 13.0. The molecule has 2 aromatic heterocycles. The molecular formula is C52H32N2. The van der Waals surface area contributed by atoms with E-state index in [1.165, 1.54) is 88.3 Å². The molecular weight excluding hydrogens is 653 g/mol. The van der Waals surface area contributed by atoms with E-state index >= 15 is 0 Å². The Balaban J connectivity index is 1.08. The zero-order valence-corrected chi connectivity index (χ0v) is 29.4. The molecule has 0 fully saturated rings. The average molecular weight is 685 g/mol. The highest BCUT2D eigenvalue weighted by Gasteiger charge is 2.46. The van der Waals surface area contributed by atoms with Crippen LogP contribution in [0.25, 0.3) is 82.9 Å². The summed E-state index contributed by atoms with van der Waals surface area (Å²) in [5.74, 6) is 0.978. The minimum Gasteiger partial charge on any atom is -0.293 e. The van der Waals surface area contributed by atoms with Gasteiger partial charge in [0.25, 0.3) is 0 Å². The summed E-state index contributed by atoms with van der Waals surface area (Å²) in [6, 6.07) is 69.3. The summed E-state index contributed by atoms with van der Waals surface area (Å²) in [4.78, 5) is 5.22. The van der Waals surface area contributed by atoms with E-state index in [0.29, 0.717) is 0 Å². The van der Waals surface area contributed by atoms with Crippen LogP contribution in [-0.4, -0.2) is 9.55 Å². The number of hydrogen-bond acceptors (Lipinski definition) is 1. The smallest absolute Gasteiger partial charge is 0.146 e. The standard InChI is InChI=1S/C52H32N2/c1-3-15-36(16-4-1)52(37-17-5-2-6-18-37)45-24-11-9-20-39(45)43-30-33(26-28-46(43)52)34-27-29-48-44(31-34)40-21-10-12-25-47(40)54(48)51-50-42-22-8-7-19-38(42)41-23-13-14-35(32-53-51)49(41)50/h1-32H. The molecule has 8 aromatic carbocycles. The van der Waals surface area contributed by atoms with Crippen molar-refractivity contribution in [2.24, 2.45) is 0 Å². The van der Waals surface area contributed by atoms with Crippen molar-refractivity contribution in [1.82, 2.24) is 9.55 Å². The number of benzene rings is 8. The molecule has 2 heterocycles. The number of pyridine rings is 1. The van der Waals surface area contributed by atoms with Gasteiger partial charge < -0.3 is 0 Å². The van der Waals surface area contributed by atoms with Crippen molar-refractivity contribution in [3.05, 3.63) is 217 Å². The second kappa shape index (κ2) is 11.0. The van der Waals surface area contributed by atoms with E-state index in [2.05, 4.69) is 193 Å². The molecule has 0 unspecified atom stereocenters. The largest absolute Gasteiger partial charge is 0.293 e. The molecule has 2 heteroatoms. The monoisotopic (exact) mass is 684 g/mol. The molecule has 2 aliphatic carbocycles. The maximum absolute atomic E-state index is 5.22.